The molecule has 0 bridgehead atoms. The van der Waals surface area contributed by atoms with Crippen molar-refractivity contribution in [3.8, 4) is 11.5 Å². The van der Waals surface area contributed by atoms with Crippen LogP contribution in [0, 0.1) is 0 Å². The molecule has 28 heavy (non-hydrogen) atoms. The lowest BCUT2D eigenvalue weighted by Crippen LogP contribution is -2.55. The number of pyridine rings is 1. The van der Waals surface area contributed by atoms with Gasteiger partial charge in [0.05, 0.1) is 19.9 Å². The molecule has 148 valence electrons. The van der Waals surface area contributed by atoms with Gasteiger partial charge in [-0.25, -0.2) is 0 Å². The van der Waals surface area contributed by atoms with Crippen molar-refractivity contribution in [1.29, 1.82) is 0 Å². The molecule has 1 aromatic carbocycles. The summed E-state index contributed by atoms with van der Waals surface area (Å²) in [4.78, 5) is 31.0. The van der Waals surface area contributed by atoms with E-state index >= 15 is 0 Å². The summed E-state index contributed by atoms with van der Waals surface area (Å²) >= 11 is 0. The van der Waals surface area contributed by atoms with Crippen molar-refractivity contribution >= 4 is 17.5 Å². The molecule has 8 nitrogen and oxygen atoms in total. The van der Waals surface area contributed by atoms with Crippen LogP contribution in [0.1, 0.15) is 35.4 Å². The highest BCUT2D eigenvalue weighted by Gasteiger charge is 2.41. The number of carbonyl (C=O) groups is 2. The van der Waals surface area contributed by atoms with E-state index in [1.807, 2.05) is 6.92 Å². The number of rotatable bonds is 6. The predicted octanol–water partition coefficient (Wildman–Crippen LogP) is 1.69. The van der Waals surface area contributed by atoms with Crippen LogP contribution >= 0.6 is 0 Å². The van der Waals surface area contributed by atoms with Crippen LogP contribution in [-0.2, 0) is 4.79 Å². The number of nitrogens with one attached hydrogen (secondary N) is 1. The van der Waals surface area contributed by atoms with E-state index in [1.54, 1.807) is 29.2 Å². The molecule has 1 aliphatic heterocycles. The fraction of sp³-hybridized carbons (Fsp3) is 0.350. The van der Waals surface area contributed by atoms with E-state index in [1.165, 1.54) is 26.6 Å². The molecule has 0 spiro atoms. The Morgan fingerprint density at radius 1 is 1.21 bits per heavy atom. The van der Waals surface area contributed by atoms with Crippen LogP contribution in [0.2, 0.25) is 0 Å². The van der Waals surface area contributed by atoms with Crippen molar-refractivity contribution in [3.05, 3.63) is 47.8 Å². The Labute approximate surface area is 163 Å². The SMILES string of the molecule is CCCN1C(=O)C(NC(=O)c2ccncc2)C(O)c2cc(OC)c(OC)cc21. The first-order valence-electron chi connectivity index (χ1n) is 8.98. The lowest BCUT2D eigenvalue weighted by molar-refractivity contribution is -0.123. The molecule has 0 radical (unpaired) electrons. The lowest BCUT2D eigenvalue weighted by atomic mass is 9.92. The molecule has 0 saturated heterocycles. The number of aliphatic hydroxyl groups is 1. The van der Waals surface area contributed by atoms with E-state index < -0.39 is 18.1 Å². The number of hydrogen-bond donors (Lipinski definition) is 2. The molecule has 3 rings (SSSR count). The van der Waals surface area contributed by atoms with Crippen molar-refractivity contribution in [2.45, 2.75) is 25.5 Å². The van der Waals surface area contributed by atoms with Crippen molar-refractivity contribution in [1.82, 2.24) is 10.3 Å². The molecule has 2 atom stereocenters. The minimum atomic E-state index is -1.22. The Balaban J connectivity index is 2.00. The van der Waals surface area contributed by atoms with Crippen LogP contribution in [0.5, 0.6) is 11.5 Å². The molecule has 0 fully saturated rings. The Morgan fingerprint density at radius 2 is 1.86 bits per heavy atom. The maximum atomic E-state index is 13.1. The number of fused-ring (bicyclic) bond motifs is 1. The van der Waals surface area contributed by atoms with Crippen LogP contribution in [0.25, 0.3) is 0 Å². The van der Waals surface area contributed by atoms with Gasteiger partial charge in [0, 0.05) is 36.1 Å². The van der Waals surface area contributed by atoms with E-state index in [9.17, 15) is 14.7 Å². The summed E-state index contributed by atoms with van der Waals surface area (Å²) in [7, 11) is 3.00. The minimum absolute atomic E-state index is 0.357. The van der Waals surface area contributed by atoms with E-state index in [0.717, 1.165) is 0 Å². The largest absolute Gasteiger partial charge is 0.493 e. The molecule has 0 saturated carbocycles. The van der Waals surface area contributed by atoms with E-state index in [0.29, 0.717) is 41.3 Å². The first kappa shape index (κ1) is 19.6. The number of ether oxygens (including phenoxy) is 2. The molecular formula is C20H23N3O5. The molecular weight excluding hydrogens is 362 g/mol. The number of methoxy groups -OCH3 is 2. The van der Waals surface area contributed by atoms with Gasteiger partial charge in [-0.05, 0) is 24.6 Å². The summed E-state index contributed by atoms with van der Waals surface area (Å²) < 4.78 is 10.7. The van der Waals surface area contributed by atoms with Crippen molar-refractivity contribution < 1.29 is 24.2 Å². The first-order valence-corrected chi connectivity index (χ1v) is 8.98. The monoisotopic (exact) mass is 385 g/mol. The summed E-state index contributed by atoms with van der Waals surface area (Å²) in [6.07, 6.45) is 2.47. The van der Waals surface area contributed by atoms with Crippen molar-refractivity contribution in [3.63, 3.8) is 0 Å². The van der Waals surface area contributed by atoms with Gasteiger partial charge < -0.3 is 24.8 Å². The van der Waals surface area contributed by atoms with Gasteiger partial charge in [0.1, 0.15) is 12.1 Å². The second-order valence-corrected chi connectivity index (χ2v) is 6.39. The molecule has 1 aliphatic rings. The van der Waals surface area contributed by atoms with Crippen LogP contribution in [0.15, 0.2) is 36.7 Å². The van der Waals surface area contributed by atoms with Crippen LogP contribution in [0.3, 0.4) is 0 Å². The summed E-state index contributed by atoms with van der Waals surface area (Å²) in [5, 5.41) is 13.5. The van der Waals surface area contributed by atoms with Gasteiger partial charge in [-0.15, -0.1) is 0 Å². The third kappa shape index (κ3) is 3.50. The maximum Gasteiger partial charge on any atom is 0.252 e. The molecule has 2 amide bonds. The van der Waals surface area contributed by atoms with Gasteiger partial charge in [0.15, 0.2) is 11.5 Å². The molecule has 2 heterocycles. The standard InChI is InChI=1S/C20H23N3O5/c1-4-9-23-14-11-16(28-3)15(27-2)10-13(14)18(24)17(20(23)26)22-19(25)12-5-7-21-8-6-12/h5-8,10-11,17-18,24H,4,9H2,1-3H3,(H,22,25). The number of carbonyl (C=O) groups excluding carboxylic acids is 2. The molecule has 2 aromatic rings. The Morgan fingerprint density at radius 3 is 2.46 bits per heavy atom. The molecule has 8 heteroatoms. The molecule has 1 aromatic heterocycles. The fourth-order valence-electron chi connectivity index (χ4n) is 3.28. The van der Waals surface area contributed by atoms with Crippen molar-refractivity contribution in [2.75, 3.05) is 25.7 Å². The molecule has 0 aliphatic carbocycles. The number of nitrogens with zero attached hydrogens (tertiary/aromatic N) is 2. The van der Waals surface area contributed by atoms with E-state index in [4.69, 9.17) is 9.47 Å². The van der Waals surface area contributed by atoms with E-state index in [-0.39, 0.29) is 5.91 Å². The van der Waals surface area contributed by atoms with Gasteiger partial charge in [-0.3, -0.25) is 14.6 Å². The zero-order chi connectivity index (χ0) is 20.3. The highest BCUT2D eigenvalue weighted by Crippen LogP contribution is 2.42. The zero-order valence-electron chi connectivity index (χ0n) is 16.0. The number of benzene rings is 1. The van der Waals surface area contributed by atoms with Gasteiger partial charge in [0.2, 0.25) is 0 Å². The van der Waals surface area contributed by atoms with Crippen LogP contribution in [-0.4, -0.2) is 48.7 Å². The predicted molar refractivity (Wildman–Crippen MR) is 103 cm³/mol. The number of hydrogen-bond acceptors (Lipinski definition) is 6. The average molecular weight is 385 g/mol. The van der Waals surface area contributed by atoms with Crippen molar-refractivity contribution in [2.24, 2.45) is 0 Å². The van der Waals surface area contributed by atoms with Crippen LogP contribution in [0.4, 0.5) is 5.69 Å². The summed E-state index contributed by atoms with van der Waals surface area (Å²) in [6, 6.07) is 5.28. The molecule has 2 unspecified atom stereocenters. The second kappa shape index (κ2) is 8.26. The lowest BCUT2D eigenvalue weighted by Gasteiger charge is -2.38. The quantitative estimate of drug-likeness (QED) is 0.785. The Bertz CT molecular complexity index is 872. The molecule has 2 N–H and O–H groups in total. The topological polar surface area (TPSA) is 101 Å². The van der Waals surface area contributed by atoms with Gasteiger partial charge >= 0.3 is 0 Å². The number of aliphatic hydroxyl groups excluding tert-OH is 1. The van der Waals surface area contributed by atoms with E-state index in [2.05, 4.69) is 10.3 Å². The second-order valence-electron chi connectivity index (χ2n) is 6.39. The average Bonchev–Trinajstić information content (AvgIpc) is 2.73. The van der Waals surface area contributed by atoms with Gasteiger partial charge in [-0.2, -0.15) is 0 Å². The highest BCUT2D eigenvalue weighted by atomic mass is 16.5. The summed E-state index contributed by atoms with van der Waals surface area (Å²) in [5.41, 5.74) is 1.40. The highest BCUT2D eigenvalue weighted by molar-refractivity contribution is 6.05. The van der Waals surface area contributed by atoms with Gasteiger partial charge in [-0.1, -0.05) is 6.92 Å². The Kier molecular flexibility index (Phi) is 5.79. The summed E-state index contributed by atoms with van der Waals surface area (Å²) in [6.45, 7) is 2.39. The fourth-order valence-corrected chi connectivity index (χ4v) is 3.28. The van der Waals surface area contributed by atoms with Gasteiger partial charge in [0.25, 0.3) is 11.8 Å². The number of amides is 2. The normalized spacial score (nSPS) is 18.4. The third-order valence-corrected chi connectivity index (χ3v) is 4.67. The smallest absolute Gasteiger partial charge is 0.252 e. The number of aromatic nitrogens is 1. The summed E-state index contributed by atoms with van der Waals surface area (Å²) in [5.74, 6) is 0.0589. The Hall–Kier alpha value is -3.13. The number of anilines is 1. The third-order valence-electron chi connectivity index (χ3n) is 4.67. The first-order chi connectivity index (χ1) is 13.5. The van der Waals surface area contributed by atoms with Crippen LogP contribution < -0.4 is 19.7 Å². The maximum absolute atomic E-state index is 13.1. The zero-order valence-corrected chi connectivity index (χ0v) is 16.0. The minimum Gasteiger partial charge on any atom is -0.493 e.